The van der Waals surface area contributed by atoms with Gasteiger partial charge in [0.05, 0.1) is 6.61 Å². The van der Waals surface area contributed by atoms with Gasteiger partial charge in [0.2, 0.25) is 0 Å². The van der Waals surface area contributed by atoms with Crippen molar-refractivity contribution >= 4 is 0 Å². The number of rotatable bonds is 7. The Labute approximate surface area is 121 Å². The lowest BCUT2D eigenvalue weighted by Crippen LogP contribution is -2.28. The van der Waals surface area contributed by atoms with Crippen molar-refractivity contribution in [2.24, 2.45) is 5.41 Å². The van der Waals surface area contributed by atoms with E-state index in [1.807, 2.05) is 0 Å². The number of hydrogen-bond donors (Lipinski definition) is 2. The molecule has 110 valence electrons. The third-order valence-corrected chi connectivity index (χ3v) is 4.85. The van der Waals surface area contributed by atoms with Gasteiger partial charge in [-0.05, 0) is 48.3 Å². The Hall–Kier alpha value is -1.06. The molecule has 3 rings (SSSR count). The topological polar surface area (TPSA) is 41.5 Å². The van der Waals surface area contributed by atoms with Gasteiger partial charge >= 0.3 is 0 Å². The van der Waals surface area contributed by atoms with E-state index in [9.17, 15) is 0 Å². The third-order valence-electron chi connectivity index (χ3n) is 4.85. The molecule has 1 aliphatic carbocycles. The summed E-state index contributed by atoms with van der Waals surface area (Å²) in [5.74, 6) is 1.06. The Balaban J connectivity index is 1.64. The van der Waals surface area contributed by atoms with Crippen molar-refractivity contribution in [3.8, 4) is 5.75 Å². The summed E-state index contributed by atoms with van der Waals surface area (Å²) in [7, 11) is 0. The maximum atomic E-state index is 9.15. The molecule has 0 saturated heterocycles. The average Bonchev–Trinajstić information content (AvgIpc) is 3.06. The lowest BCUT2D eigenvalue weighted by atomic mass is 9.98. The molecule has 3 heteroatoms. The highest BCUT2D eigenvalue weighted by atomic mass is 16.5. The van der Waals surface area contributed by atoms with E-state index in [1.165, 1.54) is 24.0 Å². The predicted octanol–water partition coefficient (Wildman–Crippen LogP) is 2.82. The van der Waals surface area contributed by atoms with Crippen LogP contribution >= 0.6 is 0 Å². The van der Waals surface area contributed by atoms with Crippen LogP contribution in [0.2, 0.25) is 0 Å². The van der Waals surface area contributed by atoms with E-state index in [0.717, 1.165) is 38.2 Å². The number of ether oxygens (including phenoxy) is 1. The van der Waals surface area contributed by atoms with Gasteiger partial charge in [-0.15, -0.1) is 0 Å². The largest absolute Gasteiger partial charge is 0.493 e. The zero-order valence-corrected chi connectivity index (χ0v) is 12.3. The molecule has 1 fully saturated rings. The van der Waals surface area contributed by atoms with Crippen molar-refractivity contribution in [3.05, 3.63) is 29.3 Å². The molecule has 1 unspecified atom stereocenters. The van der Waals surface area contributed by atoms with Gasteiger partial charge in [0.15, 0.2) is 0 Å². The highest BCUT2D eigenvalue weighted by Crippen LogP contribution is 2.48. The molecule has 1 atom stereocenters. The zero-order chi connectivity index (χ0) is 14.0. The molecule has 0 spiro atoms. The van der Waals surface area contributed by atoms with Gasteiger partial charge < -0.3 is 15.2 Å². The minimum atomic E-state index is 0.314. The maximum absolute atomic E-state index is 9.15. The Morgan fingerprint density at radius 1 is 1.40 bits per heavy atom. The molecule has 0 bridgehead atoms. The number of nitrogens with one attached hydrogen (secondary N) is 1. The van der Waals surface area contributed by atoms with Gasteiger partial charge in [0.1, 0.15) is 5.75 Å². The van der Waals surface area contributed by atoms with Crippen LogP contribution in [0.25, 0.3) is 0 Å². The summed E-state index contributed by atoms with van der Waals surface area (Å²) in [6.45, 7) is 4.39. The van der Waals surface area contributed by atoms with Crippen molar-refractivity contribution in [2.45, 2.75) is 45.1 Å². The Morgan fingerprint density at radius 2 is 2.25 bits per heavy atom. The van der Waals surface area contributed by atoms with Crippen molar-refractivity contribution < 1.29 is 9.84 Å². The zero-order valence-electron chi connectivity index (χ0n) is 12.3. The van der Waals surface area contributed by atoms with Crippen LogP contribution in [0.4, 0.5) is 0 Å². The second kappa shape index (κ2) is 5.74. The molecule has 0 aromatic heterocycles. The third kappa shape index (κ3) is 2.84. The summed E-state index contributed by atoms with van der Waals surface area (Å²) in [6, 6.07) is 7.02. The van der Waals surface area contributed by atoms with E-state index in [2.05, 4.69) is 30.4 Å². The standard InChI is InChI=1S/C17H25NO2/c1-2-15(18-12-17(6-7-17)8-9-19)13-3-4-16-14(11-13)5-10-20-16/h3-4,11,15,18-19H,2,5-10,12H2,1H3. The summed E-state index contributed by atoms with van der Waals surface area (Å²) in [5, 5.41) is 12.9. The molecule has 1 heterocycles. The van der Waals surface area contributed by atoms with E-state index in [0.29, 0.717) is 18.1 Å². The second-order valence-electron chi connectivity index (χ2n) is 6.28. The van der Waals surface area contributed by atoms with Crippen molar-refractivity contribution in [2.75, 3.05) is 19.8 Å². The van der Waals surface area contributed by atoms with E-state index >= 15 is 0 Å². The average molecular weight is 275 g/mol. The Morgan fingerprint density at radius 3 is 2.95 bits per heavy atom. The number of aliphatic hydroxyl groups is 1. The predicted molar refractivity (Wildman–Crippen MR) is 80.0 cm³/mol. The summed E-state index contributed by atoms with van der Waals surface area (Å²) in [4.78, 5) is 0. The van der Waals surface area contributed by atoms with Gasteiger partial charge in [-0.3, -0.25) is 0 Å². The van der Waals surface area contributed by atoms with Crippen LogP contribution in [0, 0.1) is 5.41 Å². The molecular formula is C17H25NO2. The van der Waals surface area contributed by atoms with Crippen LogP contribution in [-0.2, 0) is 6.42 Å². The molecule has 1 aromatic carbocycles. The monoisotopic (exact) mass is 275 g/mol. The van der Waals surface area contributed by atoms with E-state index in [1.54, 1.807) is 0 Å². The summed E-state index contributed by atoms with van der Waals surface area (Å²) in [6.07, 6.45) is 5.58. The molecule has 0 amide bonds. The number of benzene rings is 1. The first-order valence-corrected chi connectivity index (χ1v) is 7.86. The number of aliphatic hydroxyl groups excluding tert-OH is 1. The first-order chi connectivity index (χ1) is 9.76. The molecule has 20 heavy (non-hydrogen) atoms. The molecule has 2 aliphatic rings. The fourth-order valence-corrected chi connectivity index (χ4v) is 3.19. The normalized spacial score (nSPS) is 20.3. The first-order valence-electron chi connectivity index (χ1n) is 7.86. The molecule has 1 aliphatic heterocycles. The summed E-state index contributed by atoms with van der Waals surface area (Å²) < 4.78 is 5.57. The Bertz CT molecular complexity index is 468. The van der Waals surface area contributed by atoms with Crippen LogP contribution in [0.1, 0.15) is 49.8 Å². The quantitative estimate of drug-likeness (QED) is 0.804. The highest BCUT2D eigenvalue weighted by Gasteiger charge is 2.41. The maximum Gasteiger partial charge on any atom is 0.122 e. The molecule has 1 saturated carbocycles. The summed E-state index contributed by atoms with van der Waals surface area (Å²) in [5.41, 5.74) is 3.10. The van der Waals surface area contributed by atoms with E-state index in [-0.39, 0.29) is 0 Å². The van der Waals surface area contributed by atoms with Gasteiger partial charge in [-0.1, -0.05) is 19.1 Å². The van der Waals surface area contributed by atoms with Crippen LogP contribution in [0.15, 0.2) is 18.2 Å². The second-order valence-corrected chi connectivity index (χ2v) is 6.28. The molecule has 2 N–H and O–H groups in total. The Kier molecular flexibility index (Phi) is 3.99. The molecule has 1 aromatic rings. The summed E-state index contributed by atoms with van der Waals surface area (Å²) >= 11 is 0. The van der Waals surface area contributed by atoms with Gasteiger partial charge in [-0.25, -0.2) is 0 Å². The van der Waals surface area contributed by atoms with Crippen LogP contribution < -0.4 is 10.1 Å². The van der Waals surface area contributed by atoms with Gasteiger partial charge in [0.25, 0.3) is 0 Å². The molecular weight excluding hydrogens is 250 g/mol. The lowest BCUT2D eigenvalue weighted by molar-refractivity contribution is 0.241. The van der Waals surface area contributed by atoms with Crippen molar-refractivity contribution in [1.82, 2.24) is 5.32 Å². The SMILES string of the molecule is CCC(NCC1(CCO)CC1)c1ccc2c(c1)CCO2. The van der Waals surface area contributed by atoms with Gasteiger partial charge in [0, 0.05) is 25.6 Å². The minimum Gasteiger partial charge on any atom is -0.493 e. The minimum absolute atomic E-state index is 0.314. The first kappa shape index (κ1) is 13.9. The van der Waals surface area contributed by atoms with Crippen LogP contribution in [0.3, 0.4) is 0 Å². The lowest BCUT2D eigenvalue weighted by Gasteiger charge is -2.22. The van der Waals surface area contributed by atoms with Gasteiger partial charge in [-0.2, -0.15) is 0 Å². The van der Waals surface area contributed by atoms with Crippen LogP contribution in [-0.4, -0.2) is 24.9 Å². The molecule has 3 nitrogen and oxygen atoms in total. The fourth-order valence-electron chi connectivity index (χ4n) is 3.19. The highest BCUT2D eigenvalue weighted by molar-refractivity contribution is 5.40. The smallest absolute Gasteiger partial charge is 0.122 e. The van der Waals surface area contributed by atoms with Crippen molar-refractivity contribution in [1.29, 1.82) is 0 Å². The molecule has 0 radical (unpaired) electrons. The van der Waals surface area contributed by atoms with E-state index in [4.69, 9.17) is 9.84 Å². The number of hydrogen-bond acceptors (Lipinski definition) is 3. The van der Waals surface area contributed by atoms with E-state index < -0.39 is 0 Å². The van der Waals surface area contributed by atoms with Crippen molar-refractivity contribution in [3.63, 3.8) is 0 Å². The fraction of sp³-hybridized carbons (Fsp3) is 0.647. The number of fused-ring (bicyclic) bond motifs is 1. The van der Waals surface area contributed by atoms with Crippen LogP contribution in [0.5, 0.6) is 5.75 Å².